The first-order valence-electron chi connectivity index (χ1n) is 8.43. The summed E-state index contributed by atoms with van der Waals surface area (Å²) in [5.74, 6) is -5.12. The first-order valence-corrected chi connectivity index (χ1v) is 8.43. The van der Waals surface area contributed by atoms with E-state index in [1.165, 1.54) is 24.3 Å². The molecular weight excluding hydrogens is 359 g/mol. The number of benzene rings is 1. The highest BCUT2D eigenvalue weighted by Gasteiger charge is 2.37. The third-order valence-electron chi connectivity index (χ3n) is 3.56. The maximum absolute atomic E-state index is 13.2. The first-order chi connectivity index (χ1) is 12.8. The normalized spacial score (nSPS) is 12.6. The Balaban J connectivity index is 2.94. The number of hydrogen-bond acceptors (Lipinski definition) is 6. The number of hydrogen-bond donors (Lipinski definition) is 2. The highest BCUT2D eigenvalue weighted by Crippen LogP contribution is 2.14. The lowest BCUT2D eigenvalue weighted by Gasteiger charge is -2.23. The summed E-state index contributed by atoms with van der Waals surface area (Å²) < 4.78 is 22.9. The molecule has 0 spiro atoms. The summed E-state index contributed by atoms with van der Waals surface area (Å²) in [7, 11) is 0. The van der Waals surface area contributed by atoms with E-state index < -0.39 is 48.0 Å². The highest BCUT2D eigenvalue weighted by molar-refractivity contribution is 5.93. The molecule has 0 aliphatic carbocycles. The standard InChI is InChI=1S/C18H23FN2O6/c1-3-26-15(23)10-13(18(25)27-4-2)16(17(20)24)21-14(22)9-11-6-5-7-12(19)8-11/h5-8,13,16H,3-4,9-10H2,1-2H3,(H2,20,24)(H,21,22)/t13-,16+/m1/s1. The average Bonchev–Trinajstić information content (AvgIpc) is 2.58. The van der Waals surface area contributed by atoms with Gasteiger partial charge in [0.25, 0.3) is 0 Å². The summed E-state index contributed by atoms with van der Waals surface area (Å²) in [6.45, 7) is 3.24. The van der Waals surface area contributed by atoms with Crippen molar-refractivity contribution < 1.29 is 33.0 Å². The Labute approximate surface area is 156 Å². The van der Waals surface area contributed by atoms with Crippen molar-refractivity contribution in [3.05, 3.63) is 35.6 Å². The number of carbonyl (C=O) groups is 4. The summed E-state index contributed by atoms with van der Waals surface area (Å²) in [5, 5.41) is 2.33. The second-order valence-electron chi connectivity index (χ2n) is 5.62. The van der Waals surface area contributed by atoms with Gasteiger partial charge in [-0.15, -0.1) is 0 Å². The van der Waals surface area contributed by atoms with E-state index in [9.17, 15) is 23.6 Å². The third kappa shape index (κ3) is 7.43. The molecule has 148 valence electrons. The zero-order valence-electron chi connectivity index (χ0n) is 15.2. The van der Waals surface area contributed by atoms with E-state index in [0.717, 1.165) is 0 Å². The summed E-state index contributed by atoms with van der Waals surface area (Å²) in [6.07, 6.45) is -0.725. The molecule has 0 aromatic heterocycles. The van der Waals surface area contributed by atoms with E-state index in [4.69, 9.17) is 15.2 Å². The number of carbonyl (C=O) groups excluding carboxylic acids is 4. The lowest BCUT2D eigenvalue weighted by Crippen LogP contribution is -2.52. The molecule has 0 aliphatic heterocycles. The van der Waals surface area contributed by atoms with Gasteiger partial charge in [0.1, 0.15) is 11.9 Å². The summed E-state index contributed by atoms with van der Waals surface area (Å²) >= 11 is 0. The largest absolute Gasteiger partial charge is 0.466 e. The molecule has 2 atom stereocenters. The summed E-state index contributed by atoms with van der Waals surface area (Å²) in [5.41, 5.74) is 5.68. The van der Waals surface area contributed by atoms with Crippen molar-refractivity contribution in [1.82, 2.24) is 5.32 Å². The minimum Gasteiger partial charge on any atom is -0.466 e. The van der Waals surface area contributed by atoms with E-state index in [1.54, 1.807) is 13.8 Å². The molecule has 1 aromatic carbocycles. The van der Waals surface area contributed by atoms with Gasteiger partial charge in [-0.05, 0) is 31.5 Å². The lowest BCUT2D eigenvalue weighted by molar-refractivity contribution is -0.157. The molecule has 27 heavy (non-hydrogen) atoms. The van der Waals surface area contributed by atoms with Gasteiger partial charge in [-0.3, -0.25) is 19.2 Å². The monoisotopic (exact) mass is 382 g/mol. The van der Waals surface area contributed by atoms with Crippen molar-refractivity contribution >= 4 is 23.8 Å². The zero-order valence-corrected chi connectivity index (χ0v) is 15.2. The molecule has 0 heterocycles. The molecule has 0 radical (unpaired) electrons. The van der Waals surface area contributed by atoms with Gasteiger partial charge in [0.2, 0.25) is 11.8 Å². The minimum atomic E-state index is -1.48. The van der Waals surface area contributed by atoms with Gasteiger partial charge < -0.3 is 20.5 Å². The van der Waals surface area contributed by atoms with Crippen LogP contribution in [0.1, 0.15) is 25.8 Å². The Hall–Kier alpha value is -2.97. The van der Waals surface area contributed by atoms with Crippen molar-refractivity contribution in [1.29, 1.82) is 0 Å². The van der Waals surface area contributed by atoms with Crippen molar-refractivity contribution in [2.45, 2.75) is 32.7 Å². The number of halogens is 1. The van der Waals surface area contributed by atoms with E-state index in [-0.39, 0.29) is 19.6 Å². The topological polar surface area (TPSA) is 125 Å². The van der Waals surface area contributed by atoms with Crippen molar-refractivity contribution in [3.63, 3.8) is 0 Å². The Kier molecular flexibility index (Phi) is 8.91. The van der Waals surface area contributed by atoms with Crippen molar-refractivity contribution in [2.75, 3.05) is 13.2 Å². The quantitative estimate of drug-likeness (QED) is 0.567. The molecule has 0 aliphatic rings. The SMILES string of the molecule is CCOC(=O)C[C@@H](C(=O)OCC)[C@H](NC(=O)Cc1cccc(F)c1)C(N)=O. The second-order valence-corrected chi connectivity index (χ2v) is 5.62. The Bertz CT molecular complexity index is 694. The summed E-state index contributed by atoms with van der Waals surface area (Å²) in [6, 6.07) is 3.88. The number of ether oxygens (including phenoxy) is 2. The fraction of sp³-hybridized carbons (Fsp3) is 0.444. The second kappa shape index (κ2) is 10.9. The third-order valence-corrected chi connectivity index (χ3v) is 3.56. The lowest BCUT2D eigenvalue weighted by atomic mass is 9.95. The molecule has 2 amide bonds. The van der Waals surface area contributed by atoms with Gasteiger partial charge in [0.15, 0.2) is 0 Å². The van der Waals surface area contributed by atoms with Crippen LogP contribution in [0.15, 0.2) is 24.3 Å². The van der Waals surface area contributed by atoms with E-state index in [1.807, 2.05) is 0 Å². The summed E-state index contributed by atoms with van der Waals surface area (Å²) in [4.78, 5) is 48.0. The maximum Gasteiger partial charge on any atom is 0.312 e. The molecule has 0 bridgehead atoms. The number of amides is 2. The Morgan fingerprint density at radius 2 is 1.81 bits per heavy atom. The Morgan fingerprint density at radius 3 is 2.37 bits per heavy atom. The van der Waals surface area contributed by atoms with E-state index in [2.05, 4.69) is 5.32 Å². The zero-order chi connectivity index (χ0) is 20.4. The highest BCUT2D eigenvalue weighted by atomic mass is 19.1. The molecule has 0 unspecified atom stereocenters. The van der Waals surface area contributed by atoms with Crippen LogP contribution in [-0.4, -0.2) is 43.0 Å². The number of nitrogens with two attached hydrogens (primary N) is 1. The Morgan fingerprint density at radius 1 is 1.15 bits per heavy atom. The van der Waals surface area contributed by atoms with Crippen LogP contribution in [0.25, 0.3) is 0 Å². The van der Waals surface area contributed by atoms with Gasteiger partial charge >= 0.3 is 11.9 Å². The van der Waals surface area contributed by atoms with Crippen LogP contribution in [0.5, 0.6) is 0 Å². The average molecular weight is 382 g/mol. The molecule has 1 aromatic rings. The van der Waals surface area contributed by atoms with Gasteiger partial charge in [0, 0.05) is 0 Å². The molecule has 0 saturated heterocycles. The smallest absolute Gasteiger partial charge is 0.312 e. The molecule has 0 fully saturated rings. The molecular formula is C18H23FN2O6. The van der Waals surface area contributed by atoms with Crippen LogP contribution < -0.4 is 11.1 Å². The van der Waals surface area contributed by atoms with Crippen LogP contribution >= 0.6 is 0 Å². The van der Waals surface area contributed by atoms with Crippen LogP contribution in [0.3, 0.4) is 0 Å². The van der Waals surface area contributed by atoms with Crippen LogP contribution in [0.4, 0.5) is 4.39 Å². The van der Waals surface area contributed by atoms with E-state index >= 15 is 0 Å². The molecule has 9 heteroatoms. The number of nitrogens with one attached hydrogen (secondary N) is 1. The van der Waals surface area contributed by atoms with Crippen LogP contribution in [-0.2, 0) is 35.1 Å². The van der Waals surface area contributed by atoms with Crippen molar-refractivity contribution in [3.8, 4) is 0 Å². The first kappa shape index (κ1) is 22.1. The van der Waals surface area contributed by atoms with Gasteiger partial charge in [0.05, 0.1) is 32.0 Å². The fourth-order valence-corrected chi connectivity index (χ4v) is 2.41. The minimum absolute atomic E-state index is 0.0148. The number of rotatable bonds is 10. The van der Waals surface area contributed by atoms with Gasteiger partial charge in [-0.1, -0.05) is 12.1 Å². The molecule has 8 nitrogen and oxygen atoms in total. The predicted molar refractivity (Wildman–Crippen MR) is 92.6 cm³/mol. The molecule has 1 rings (SSSR count). The van der Waals surface area contributed by atoms with Crippen LogP contribution in [0.2, 0.25) is 0 Å². The van der Waals surface area contributed by atoms with Crippen LogP contribution in [0, 0.1) is 11.7 Å². The predicted octanol–water partition coefficient (Wildman–Crippen LogP) is 0.471. The molecule has 3 N–H and O–H groups in total. The van der Waals surface area contributed by atoms with Crippen molar-refractivity contribution in [2.24, 2.45) is 11.7 Å². The number of primary amides is 1. The van der Waals surface area contributed by atoms with Gasteiger partial charge in [-0.2, -0.15) is 0 Å². The maximum atomic E-state index is 13.2. The van der Waals surface area contributed by atoms with Gasteiger partial charge in [-0.25, -0.2) is 4.39 Å². The fourth-order valence-electron chi connectivity index (χ4n) is 2.41. The number of esters is 2. The van der Waals surface area contributed by atoms with E-state index in [0.29, 0.717) is 5.56 Å². The molecule has 0 saturated carbocycles.